The third-order valence-electron chi connectivity index (χ3n) is 3.68. The molecule has 4 rings (SSSR count). The van der Waals surface area contributed by atoms with E-state index in [1.807, 2.05) is 48.5 Å². The van der Waals surface area contributed by atoms with Crippen molar-refractivity contribution in [3.63, 3.8) is 0 Å². The molecule has 20 heavy (non-hydrogen) atoms. The summed E-state index contributed by atoms with van der Waals surface area (Å²) in [6.07, 6.45) is 1.81. The Morgan fingerprint density at radius 3 is 2.90 bits per heavy atom. The molecular formula is C17H12O3. The van der Waals surface area contributed by atoms with E-state index < -0.39 is 0 Å². The molecule has 0 saturated heterocycles. The summed E-state index contributed by atoms with van der Waals surface area (Å²) in [5.74, 6) is 0.796. The summed E-state index contributed by atoms with van der Waals surface area (Å²) in [7, 11) is 0. The number of ketones is 1. The Hall–Kier alpha value is -2.55. The molecule has 0 amide bonds. The number of hydrogen-bond acceptors (Lipinski definition) is 3. The summed E-state index contributed by atoms with van der Waals surface area (Å²) in [6, 6.07) is 15.2. The monoisotopic (exact) mass is 264 g/mol. The molecule has 2 aromatic carbocycles. The van der Waals surface area contributed by atoms with Crippen molar-refractivity contribution in [1.82, 2.24) is 0 Å². The first kappa shape index (κ1) is 11.3. The second-order valence-corrected chi connectivity index (χ2v) is 4.95. The fourth-order valence-electron chi connectivity index (χ4n) is 2.64. The fraction of sp³-hybridized carbons (Fsp3) is 0.118. The zero-order valence-electron chi connectivity index (χ0n) is 10.7. The van der Waals surface area contributed by atoms with Crippen LogP contribution in [0.2, 0.25) is 0 Å². The Bertz CT molecular complexity index is 801. The molecule has 1 aliphatic rings. The van der Waals surface area contributed by atoms with Crippen molar-refractivity contribution in [3.05, 3.63) is 65.9 Å². The summed E-state index contributed by atoms with van der Waals surface area (Å²) in [5.41, 5.74) is 2.52. The lowest BCUT2D eigenvalue weighted by molar-refractivity contribution is 0.0850. The van der Waals surface area contributed by atoms with E-state index in [0.717, 1.165) is 16.5 Å². The highest BCUT2D eigenvalue weighted by molar-refractivity contribution is 6.00. The van der Waals surface area contributed by atoms with Crippen molar-refractivity contribution in [2.45, 2.75) is 12.5 Å². The highest BCUT2D eigenvalue weighted by atomic mass is 16.5. The fourth-order valence-corrected chi connectivity index (χ4v) is 2.64. The van der Waals surface area contributed by atoms with Gasteiger partial charge in [0.2, 0.25) is 0 Å². The van der Waals surface area contributed by atoms with E-state index in [-0.39, 0.29) is 11.9 Å². The van der Waals surface area contributed by atoms with Gasteiger partial charge in [-0.05, 0) is 35.9 Å². The molecule has 98 valence electrons. The first-order chi connectivity index (χ1) is 9.81. The van der Waals surface area contributed by atoms with Gasteiger partial charge in [-0.3, -0.25) is 4.79 Å². The molecule has 1 aromatic heterocycles. The average molecular weight is 264 g/mol. The molecule has 3 nitrogen and oxygen atoms in total. The van der Waals surface area contributed by atoms with Gasteiger partial charge in [-0.1, -0.05) is 18.2 Å². The largest absolute Gasteiger partial charge is 0.484 e. The maximum atomic E-state index is 12.2. The summed E-state index contributed by atoms with van der Waals surface area (Å²) < 4.78 is 11.3. The van der Waals surface area contributed by atoms with Gasteiger partial charge in [0, 0.05) is 5.39 Å². The zero-order chi connectivity index (χ0) is 13.5. The Morgan fingerprint density at radius 1 is 1.05 bits per heavy atom. The Balaban J connectivity index is 1.75. The van der Waals surface area contributed by atoms with Gasteiger partial charge in [-0.25, -0.2) is 0 Å². The van der Waals surface area contributed by atoms with E-state index in [0.29, 0.717) is 17.7 Å². The highest BCUT2D eigenvalue weighted by Crippen LogP contribution is 2.35. The van der Waals surface area contributed by atoms with Gasteiger partial charge < -0.3 is 9.15 Å². The molecule has 0 spiro atoms. The van der Waals surface area contributed by atoms with Gasteiger partial charge in [-0.2, -0.15) is 0 Å². The molecule has 0 radical (unpaired) electrons. The minimum atomic E-state index is -0.225. The molecule has 0 aliphatic carbocycles. The van der Waals surface area contributed by atoms with Crippen LogP contribution in [-0.2, 0) is 0 Å². The van der Waals surface area contributed by atoms with Crippen LogP contribution >= 0.6 is 0 Å². The zero-order valence-corrected chi connectivity index (χ0v) is 10.7. The van der Waals surface area contributed by atoms with Gasteiger partial charge in [0.25, 0.3) is 0 Å². The molecular weight excluding hydrogens is 252 g/mol. The Kier molecular flexibility index (Phi) is 2.39. The number of hydrogen-bond donors (Lipinski definition) is 0. The standard InChI is InChI=1S/C17H12O3/c18-14-10-17(20-16-4-2-1-3-13(14)16)11-5-6-15-12(9-11)7-8-19-15/h1-9,17H,10H2. The molecule has 0 fully saturated rings. The molecule has 2 heterocycles. The third kappa shape index (κ3) is 1.71. The van der Waals surface area contributed by atoms with Crippen LogP contribution in [0.15, 0.2) is 59.2 Å². The average Bonchev–Trinajstić information content (AvgIpc) is 2.94. The number of Topliss-reactive ketones (excluding diaryl/α,β-unsaturated/α-hetero) is 1. The molecule has 0 saturated carbocycles. The van der Waals surface area contributed by atoms with Crippen LogP contribution in [0.25, 0.3) is 11.0 Å². The van der Waals surface area contributed by atoms with Crippen molar-refractivity contribution in [1.29, 1.82) is 0 Å². The van der Waals surface area contributed by atoms with E-state index in [1.165, 1.54) is 0 Å². The molecule has 1 aliphatic heterocycles. The summed E-state index contributed by atoms with van der Waals surface area (Å²) in [6.45, 7) is 0. The molecule has 0 N–H and O–H groups in total. The van der Waals surface area contributed by atoms with Crippen LogP contribution in [0.4, 0.5) is 0 Å². The van der Waals surface area contributed by atoms with Crippen LogP contribution in [0.1, 0.15) is 28.4 Å². The number of para-hydroxylation sites is 1. The Labute approximate surface area is 115 Å². The third-order valence-corrected chi connectivity index (χ3v) is 3.68. The second-order valence-electron chi connectivity index (χ2n) is 4.95. The van der Waals surface area contributed by atoms with Gasteiger partial charge in [0.15, 0.2) is 5.78 Å². The molecule has 0 bridgehead atoms. The van der Waals surface area contributed by atoms with Crippen LogP contribution in [0.3, 0.4) is 0 Å². The van der Waals surface area contributed by atoms with Crippen molar-refractivity contribution in [2.24, 2.45) is 0 Å². The van der Waals surface area contributed by atoms with Crippen molar-refractivity contribution < 1.29 is 13.9 Å². The molecule has 1 unspecified atom stereocenters. The maximum Gasteiger partial charge on any atom is 0.170 e. The normalized spacial score (nSPS) is 17.8. The quantitative estimate of drug-likeness (QED) is 0.663. The molecule has 3 aromatic rings. The summed E-state index contributed by atoms with van der Waals surface area (Å²) in [5, 5.41) is 1.03. The van der Waals surface area contributed by atoms with E-state index in [9.17, 15) is 4.79 Å². The lowest BCUT2D eigenvalue weighted by atomic mass is 9.96. The molecule has 3 heteroatoms. The predicted molar refractivity (Wildman–Crippen MR) is 75.0 cm³/mol. The maximum absolute atomic E-state index is 12.2. The van der Waals surface area contributed by atoms with Crippen LogP contribution in [0.5, 0.6) is 5.75 Å². The lowest BCUT2D eigenvalue weighted by Gasteiger charge is -2.25. The number of benzene rings is 2. The SMILES string of the molecule is O=C1CC(c2ccc3occc3c2)Oc2ccccc21. The van der Waals surface area contributed by atoms with Crippen LogP contribution in [-0.4, -0.2) is 5.78 Å². The topological polar surface area (TPSA) is 39.4 Å². The van der Waals surface area contributed by atoms with Gasteiger partial charge >= 0.3 is 0 Å². The first-order valence-electron chi connectivity index (χ1n) is 6.57. The van der Waals surface area contributed by atoms with Crippen molar-refractivity contribution >= 4 is 16.8 Å². The number of furan rings is 1. The number of carbonyl (C=O) groups excluding carboxylic acids is 1. The van der Waals surface area contributed by atoms with Gasteiger partial charge in [-0.15, -0.1) is 0 Å². The van der Waals surface area contributed by atoms with E-state index >= 15 is 0 Å². The van der Waals surface area contributed by atoms with Crippen molar-refractivity contribution in [3.8, 4) is 5.75 Å². The second kappa shape index (κ2) is 4.23. The first-order valence-corrected chi connectivity index (χ1v) is 6.57. The van der Waals surface area contributed by atoms with Gasteiger partial charge in [0.1, 0.15) is 17.4 Å². The van der Waals surface area contributed by atoms with E-state index in [1.54, 1.807) is 6.26 Å². The summed E-state index contributed by atoms with van der Waals surface area (Å²) in [4.78, 5) is 12.2. The number of fused-ring (bicyclic) bond motifs is 2. The lowest BCUT2D eigenvalue weighted by Crippen LogP contribution is -2.20. The number of rotatable bonds is 1. The van der Waals surface area contributed by atoms with E-state index in [4.69, 9.17) is 9.15 Å². The van der Waals surface area contributed by atoms with Crippen LogP contribution < -0.4 is 4.74 Å². The van der Waals surface area contributed by atoms with Gasteiger partial charge in [0.05, 0.1) is 18.2 Å². The minimum absolute atomic E-state index is 0.129. The van der Waals surface area contributed by atoms with Crippen LogP contribution in [0, 0.1) is 0 Å². The predicted octanol–water partition coefficient (Wildman–Crippen LogP) is 4.14. The van der Waals surface area contributed by atoms with E-state index in [2.05, 4.69) is 0 Å². The number of carbonyl (C=O) groups is 1. The smallest absolute Gasteiger partial charge is 0.170 e. The molecule has 1 atom stereocenters. The number of ether oxygens (including phenoxy) is 1. The van der Waals surface area contributed by atoms with Crippen molar-refractivity contribution in [2.75, 3.05) is 0 Å². The summed E-state index contributed by atoms with van der Waals surface area (Å²) >= 11 is 0. The minimum Gasteiger partial charge on any atom is -0.484 e. The Morgan fingerprint density at radius 2 is 1.95 bits per heavy atom. The highest BCUT2D eigenvalue weighted by Gasteiger charge is 2.27.